The van der Waals surface area contributed by atoms with Crippen LogP contribution in [0.5, 0.6) is 17.2 Å². The van der Waals surface area contributed by atoms with E-state index in [1.807, 2.05) is 31.2 Å². The van der Waals surface area contributed by atoms with E-state index in [0.29, 0.717) is 41.5 Å². The summed E-state index contributed by atoms with van der Waals surface area (Å²) >= 11 is 4.40. The van der Waals surface area contributed by atoms with Crippen molar-refractivity contribution in [2.75, 3.05) is 20.3 Å². The minimum Gasteiger partial charge on any atom is -0.490 e. The largest absolute Gasteiger partial charge is 0.490 e. The number of hydrogen-bond donors (Lipinski definition) is 4. The van der Waals surface area contributed by atoms with Crippen molar-refractivity contribution >= 4 is 63.4 Å². The first-order valence-electron chi connectivity index (χ1n) is 14.0. The van der Waals surface area contributed by atoms with E-state index in [-0.39, 0.29) is 12.2 Å². The number of aliphatic hydroxyl groups excluding tert-OH is 1. The number of esters is 1. The zero-order chi connectivity index (χ0) is 33.2. The second-order valence-corrected chi connectivity index (χ2v) is 12.2. The molecule has 0 radical (unpaired) electrons. The average molecular weight is 851 g/mol. The van der Waals surface area contributed by atoms with Crippen molar-refractivity contribution < 1.29 is 33.6 Å². The molecule has 0 aliphatic carbocycles. The predicted molar refractivity (Wildman–Crippen MR) is 186 cm³/mol. The highest BCUT2D eigenvalue weighted by molar-refractivity contribution is 14.1. The van der Waals surface area contributed by atoms with Crippen molar-refractivity contribution in [3.8, 4) is 23.3 Å². The zero-order valence-electron chi connectivity index (χ0n) is 25.1. The van der Waals surface area contributed by atoms with E-state index >= 15 is 0 Å². The fourth-order valence-electron chi connectivity index (χ4n) is 4.44. The van der Waals surface area contributed by atoms with Gasteiger partial charge >= 0.3 is 12.0 Å². The summed E-state index contributed by atoms with van der Waals surface area (Å²) in [6.07, 6.45) is 0.443. The number of amides is 2. The van der Waals surface area contributed by atoms with Gasteiger partial charge in [-0.3, -0.25) is 5.43 Å². The summed E-state index contributed by atoms with van der Waals surface area (Å²) in [7, 11) is 1.27. The summed E-state index contributed by atoms with van der Waals surface area (Å²) in [5, 5.41) is 28.9. The summed E-state index contributed by atoms with van der Waals surface area (Å²) < 4.78 is 24.3. The fraction of sp³-hybridized carbons (Fsp3) is 0.250. The third-order valence-electron chi connectivity index (χ3n) is 6.60. The van der Waals surface area contributed by atoms with Crippen LogP contribution in [-0.2, 0) is 16.1 Å². The number of carbonyl (C=O) groups is 2. The summed E-state index contributed by atoms with van der Waals surface area (Å²) in [6, 6.07) is 17.0. The SMILES string of the molecule is CCOc1cc([C@H]2NC(=O)NC(C)=C2C(=O)OC)ccc1OC[C@@H](O)N/N=C/c1cc(I)c(OCc2ccc(C#N)cc2)c(I)c1. The number of rotatable bonds is 13. The molecular weight excluding hydrogens is 820 g/mol. The molecule has 1 aliphatic heterocycles. The van der Waals surface area contributed by atoms with Crippen LogP contribution in [-0.4, -0.2) is 49.9 Å². The molecule has 0 spiro atoms. The van der Waals surface area contributed by atoms with Crippen LogP contribution < -0.4 is 30.3 Å². The first-order chi connectivity index (χ1) is 22.1. The number of hydrogen-bond acceptors (Lipinski definition) is 10. The number of hydrazone groups is 1. The molecule has 0 saturated carbocycles. The molecule has 4 rings (SSSR count). The number of nitrogens with zero attached hydrogens (tertiary/aromatic N) is 2. The van der Waals surface area contributed by atoms with Crippen molar-refractivity contribution in [2.24, 2.45) is 5.10 Å². The molecule has 0 bridgehead atoms. The molecule has 3 aromatic rings. The number of halogens is 2. The van der Waals surface area contributed by atoms with Gasteiger partial charge in [0, 0.05) is 5.70 Å². The number of allylic oxidation sites excluding steroid dienone is 1. The Morgan fingerprint density at radius 1 is 1.11 bits per heavy atom. The zero-order valence-corrected chi connectivity index (χ0v) is 29.4. The quantitative estimate of drug-likeness (QED) is 0.0619. The number of benzene rings is 3. The molecule has 0 unspecified atom stereocenters. The van der Waals surface area contributed by atoms with Gasteiger partial charge in [0.2, 0.25) is 0 Å². The Morgan fingerprint density at radius 3 is 2.48 bits per heavy atom. The standard InChI is InChI=1S/C32H31I2N5O7/c1-4-44-26-13-22(29-28(31(41)43-3)18(2)37-32(42)38-29)9-10-25(26)45-17-27(40)39-36-15-21-11-23(33)30(24(34)12-21)46-16-20-7-5-19(14-35)6-8-20/h5-13,15,27,29,39-40H,4,16-17H2,1-3H3,(H2,37,38,42)/b36-15+/t27-,29-/m1/s1. The topological polar surface area (TPSA) is 164 Å². The number of aliphatic hydroxyl groups is 1. The maximum Gasteiger partial charge on any atom is 0.337 e. The van der Waals surface area contributed by atoms with Gasteiger partial charge in [0.25, 0.3) is 0 Å². The molecule has 3 aromatic carbocycles. The lowest BCUT2D eigenvalue weighted by Crippen LogP contribution is -2.45. The molecular formula is C32H31I2N5O7. The second kappa shape index (κ2) is 16.5. The summed E-state index contributed by atoms with van der Waals surface area (Å²) in [6.45, 7) is 3.99. The highest BCUT2D eigenvalue weighted by atomic mass is 127. The number of ether oxygens (including phenoxy) is 4. The Morgan fingerprint density at radius 2 is 1.83 bits per heavy atom. The third kappa shape index (κ3) is 9.01. The second-order valence-electron chi connectivity index (χ2n) is 9.83. The summed E-state index contributed by atoms with van der Waals surface area (Å²) in [5.41, 5.74) is 6.25. The lowest BCUT2D eigenvalue weighted by Gasteiger charge is -2.28. The maximum atomic E-state index is 12.5. The first kappa shape index (κ1) is 34.8. The maximum absolute atomic E-state index is 12.5. The minimum absolute atomic E-state index is 0.148. The third-order valence-corrected chi connectivity index (χ3v) is 8.20. The number of carbonyl (C=O) groups excluding carboxylic acids is 2. The fourth-order valence-corrected chi connectivity index (χ4v) is 6.57. The van der Waals surface area contributed by atoms with Crippen LogP contribution in [0, 0.1) is 18.5 Å². The van der Waals surface area contributed by atoms with E-state index in [2.05, 4.69) is 72.4 Å². The average Bonchev–Trinajstić information content (AvgIpc) is 3.03. The van der Waals surface area contributed by atoms with Gasteiger partial charge in [-0.05, 0) is 112 Å². The van der Waals surface area contributed by atoms with Gasteiger partial charge in [-0.2, -0.15) is 10.4 Å². The van der Waals surface area contributed by atoms with Gasteiger partial charge in [0.15, 0.2) is 17.7 Å². The highest BCUT2D eigenvalue weighted by Gasteiger charge is 2.32. The normalized spacial score (nSPS) is 15.0. The van der Waals surface area contributed by atoms with Crippen molar-refractivity contribution in [3.05, 3.63) is 95.3 Å². The monoisotopic (exact) mass is 851 g/mol. The lowest BCUT2D eigenvalue weighted by molar-refractivity contribution is -0.136. The van der Waals surface area contributed by atoms with E-state index < -0.39 is 24.3 Å². The van der Waals surface area contributed by atoms with Gasteiger partial charge in [-0.15, -0.1) is 0 Å². The molecule has 4 N–H and O–H groups in total. The Hall–Kier alpha value is -4.08. The molecule has 1 heterocycles. The molecule has 1 aliphatic rings. The van der Waals surface area contributed by atoms with Crippen LogP contribution in [0.4, 0.5) is 4.79 Å². The number of methoxy groups -OCH3 is 1. The van der Waals surface area contributed by atoms with E-state index in [9.17, 15) is 14.7 Å². The molecule has 12 nitrogen and oxygen atoms in total. The molecule has 0 saturated heterocycles. The molecule has 2 amide bonds. The lowest BCUT2D eigenvalue weighted by atomic mass is 9.95. The first-order valence-corrected chi connectivity index (χ1v) is 16.1. The van der Waals surface area contributed by atoms with Crippen LogP contribution in [0.3, 0.4) is 0 Å². The van der Waals surface area contributed by atoms with Crippen LogP contribution >= 0.6 is 45.2 Å². The van der Waals surface area contributed by atoms with E-state index in [0.717, 1.165) is 24.0 Å². The van der Waals surface area contributed by atoms with Gasteiger partial charge in [-0.1, -0.05) is 18.2 Å². The summed E-state index contributed by atoms with van der Waals surface area (Å²) in [5.74, 6) is 0.902. The Kier molecular flexibility index (Phi) is 12.5. The molecule has 2 atom stereocenters. The van der Waals surface area contributed by atoms with E-state index in [1.54, 1.807) is 43.5 Å². The Bertz CT molecular complexity index is 1670. The van der Waals surface area contributed by atoms with Gasteiger partial charge in [0.1, 0.15) is 19.0 Å². The Labute approximate surface area is 293 Å². The van der Waals surface area contributed by atoms with Gasteiger partial charge in [-0.25, -0.2) is 9.59 Å². The van der Waals surface area contributed by atoms with Gasteiger partial charge in [0.05, 0.1) is 50.3 Å². The number of urea groups is 1. The molecule has 0 aromatic heterocycles. The van der Waals surface area contributed by atoms with Crippen LogP contribution in [0.2, 0.25) is 0 Å². The van der Waals surface area contributed by atoms with Crippen molar-refractivity contribution in [1.29, 1.82) is 5.26 Å². The highest BCUT2D eigenvalue weighted by Crippen LogP contribution is 2.35. The van der Waals surface area contributed by atoms with E-state index in [4.69, 9.17) is 24.2 Å². The van der Waals surface area contributed by atoms with E-state index in [1.165, 1.54) is 7.11 Å². The van der Waals surface area contributed by atoms with Crippen molar-refractivity contribution in [3.63, 3.8) is 0 Å². The van der Waals surface area contributed by atoms with Gasteiger partial charge < -0.3 is 34.7 Å². The molecule has 240 valence electrons. The predicted octanol–water partition coefficient (Wildman–Crippen LogP) is 4.87. The van der Waals surface area contributed by atoms with Crippen LogP contribution in [0.25, 0.3) is 0 Å². The number of nitriles is 1. The van der Waals surface area contributed by atoms with Crippen LogP contribution in [0.1, 0.15) is 42.1 Å². The van der Waals surface area contributed by atoms with Crippen LogP contribution in [0.15, 0.2) is 71.0 Å². The van der Waals surface area contributed by atoms with Crippen molar-refractivity contribution in [1.82, 2.24) is 16.1 Å². The molecule has 14 heteroatoms. The number of nitrogens with one attached hydrogen (secondary N) is 3. The molecule has 0 fully saturated rings. The smallest absolute Gasteiger partial charge is 0.337 e. The minimum atomic E-state index is -1.14. The van der Waals surface area contributed by atoms with Crippen molar-refractivity contribution in [2.45, 2.75) is 32.7 Å². The molecule has 46 heavy (non-hydrogen) atoms. The Balaban J connectivity index is 1.36. The summed E-state index contributed by atoms with van der Waals surface area (Å²) in [4.78, 5) is 24.6.